The van der Waals surface area contributed by atoms with Crippen molar-refractivity contribution in [2.24, 2.45) is 0 Å². The van der Waals surface area contributed by atoms with Crippen molar-refractivity contribution in [3.05, 3.63) is 41.4 Å². The van der Waals surface area contributed by atoms with Crippen LogP contribution in [0.3, 0.4) is 0 Å². The summed E-state index contributed by atoms with van der Waals surface area (Å²) in [5.74, 6) is 1.78. The fourth-order valence-electron chi connectivity index (χ4n) is 1.78. The highest BCUT2D eigenvalue weighted by Gasteiger charge is 2.21. The van der Waals surface area contributed by atoms with Crippen molar-refractivity contribution in [2.75, 3.05) is 18.8 Å². The zero-order chi connectivity index (χ0) is 10.7. The smallest absolute Gasteiger partial charge is 0.0307 e. The average molecular weight is 240 g/mol. The second kappa shape index (κ2) is 5.06. The number of rotatable bonds is 4. The van der Waals surface area contributed by atoms with Gasteiger partial charge in [0, 0.05) is 34.7 Å². The molecule has 0 saturated heterocycles. The molecule has 0 saturated carbocycles. The highest BCUT2D eigenvalue weighted by atomic mass is 35.5. The fourth-order valence-corrected chi connectivity index (χ4v) is 3.13. The van der Waals surface area contributed by atoms with Crippen LogP contribution in [0.25, 0.3) is 0 Å². The summed E-state index contributed by atoms with van der Waals surface area (Å²) in [5.41, 5.74) is 1.47. The van der Waals surface area contributed by atoms with E-state index < -0.39 is 0 Å². The molecule has 3 heteroatoms. The van der Waals surface area contributed by atoms with E-state index in [1.807, 2.05) is 11.8 Å². The number of thioether (sulfide) groups is 1. The fraction of sp³-hybridized carbons (Fsp3) is 0.333. The summed E-state index contributed by atoms with van der Waals surface area (Å²) in [6, 6.07) is 8.62. The first-order chi connectivity index (χ1) is 7.27. The largest absolute Gasteiger partial charge is 0.311 e. The van der Waals surface area contributed by atoms with Gasteiger partial charge in [-0.2, -0.15) is 0 Å². The Hall–Kier alpha value is -0.440. The van der Waals surface area contributed by atoms with Crippen LogP contribution in [0.15, 0.2) is 40.8 Å². The van der Waals surface area contributed by atoms with Gasteiger partial charge < -0.3 is 5.32 Å². The van der Waals surface area contributed by atoms with Crippen LogP contribution in [0.4, 0.5) is 0 Å². The molecule has 80 valence electrons. The Kier molecular flexibility index (Phi) is 3.73. The van der Waals surface area contributed by atoms with Gasteiger partial charge in [-0.05, 0) is 11.6 Å². The SMILES string of the molecule is C=C(Cl)CNCC1CSc2ccccc21. The molecule has 0 spiro atoms. The molecule has 1 aromatic carbocycles. The molecule has 1 N–H and O–H groups in total. The third-order valence-electron chi connectivity index (χ3n) is 2.51. The maximum atomic E-state index is 5.70. The maximum absolute atomic E-state index is 5.70. The molecule has 1 aromatic rings. The second-order valence-corrected chi connectivity index (χ2v) is 5.29. The Morgan fingerprint density at radius 2 is 2.33 bits per heavy atom. The first-order valence-electron chi connectivity index (χ1n) is 5.03. The molecule has 0 radical (unpaired) electrons. The number of hydrogen-bond donors (Lipinski definition) is 1. The quantitative estimate of drug-likeness (QED) is 0.866. The third kappa shape index (κ3) is 2.77. The molecule has 0 fully saturated rings. The van der Waals surface area contributed by atoms with Crippen LogP contribution >= 0.6 is 23.4 Å². The van der Waals surface area contributed by atoms with Crippen LogP contribution in [0.1, 0.15) is 11.5 Å². The number of nitrogens with one attached hydrogen (secondary N) is 1. The van der Waals surface area contributed by atoms with Gasteiger partial charge in [0.2, 0.25) is 0 Å². The van der Waals surface area contributed by atoms with Crippen LogP contribution in [0.2, 0.25) is 0 Å². The Morgan fingerprint density at radius 3 is 3.13 bits per heavy atom. The Bertz CT molecular complexity index is 364. The van der Waals surface area contributed by atoms with E-state index in [1.54, 1.807) is 0 Å². The highest BCUT2D eigenvalue weighted by Crippen LogP contribution is 2.38. The standard InChI is InChI=1S/C12H14ClNS/c1-9(13)6-14-7-10-8-15-12-5-3-2-4-11(10)12/h2-5,10,14H,1,6-8H2. The minimum Gasteiger partial charge on any atom is -0.311 e. The number of benzene rings is 1. The van der Waals surface area contributed by atoms with Gasteiger partial charge in [-0.1, -0.05) is 36.4 Å². The highest BCUT2D eigenvalue weighted by molar-refractivity contribution is 7.99. The molecule has 1 nitrogen and oxygen atoms in total. The van der Waals surface area contributed by atoms with E-state index in [0.29, 0.717) is 17.5 Å². The lowest BCUT2D eigenvalue weighted by atomic mass is 10.0. The van der Waals surface area contributed by atoms with Crippen LogP contribution in [0.5, 0.6) is 0 Å². The molecular weight excluding hydrogens is 226 g/mol. The topological polar surface area (TPSA) is 12.0 Å². The van der Waals surface area contributed by atoms with E-state index in [-0.39, 0.29) is 0 Å². The second-order valence-electron chi connectivity index (χ2n) is 3.69. The predicted molar refractivity (Wildman–Crippen MR) is 67.8 cm³/mol. The van der Waals surface area contributed by atoms with Crippen LogP contribution in [0, 0.1) is 0 Å². The zero-order valence-corrected chi connectivity index (χ0v) is 10.1. The van der Waals surface area contributed by atoms with Gasteiger partial charge in [-0.15, -0.1) is 11.8 Å². The minimum absolute atomic E-state index is 0.613. The monoisotopic (exact) mass is 239 g/mol. The van der Waals surface area contributed by atoms with Gasteiger partial charge in [0.05, 0.1) is 0 Å². The van der Waals surface area contributed by atoms with Gasteiger partial charge in [0.1, 0.15) is 0 Å². The normalized spacial score (nSPS) is 18.9. The summed E-state index contributed by atoms with van der Waals surface area (Å²) in [6.45, 7) is 5.34. The van der Waals surface area contributed by atoms with Crippen molar-refractivity contribution in [2.45, 2.75) is 10.8 Å². The van der Waals surface area contributed by atoms with Crippen molar-refractivity contribution in [1.82, 2.24) is 5.32 Å². The van der Waals surface area contributed by atoms with E-state index in [2.05, 4.69) is 36.2 Å². The molecule has 1 atom stereocenters. The molecule has 2 rings (SSSR count). The molecule has 0 amide bonds. The van der Waals surface area contributed by atoms with Gasteiger partial charge in [0.25, 0.3) is 0 Å². The molecule has 0 bridgehead atoms. The predicted octanol–water partition coefficient (Wildman–Crippen LogP) is 3.22. The molecule has 1 aliphatic heterocycles. The number of halogens is 1. The summed E-state index contributed by atoms with van der Waals surface area (Å²) in [4.78, 5) is 1.43. The van der Waals surface area contributed by atoms with Crippen LogP contribution < -0.4 is 5.32 Å². The van der Waals surface area contributed by atoms with Crippen molar-refractivity contribution >= 4 is 23.4 Å². The Labute approximate surface area is 99.9 Å². The lowest BCUT2D eigenvalue weighted by Crippen LogP contribution is -2.22. The molecule has 0 aromatic heterocycles. The first kappa shape index (κ1) is 11.1. The summed E-state index contributed by atoms with van der Waals surface area (Å²) in [5, 5.41) is 4.00. The van der Waals surface area contributed by atoms with Crippen molar-refractivity contribution < 1.29 is 0 Å². The average Bonchev–Trinajstić information content (AvgIpc) is 2.62. The molecule has 0 aliphatic carbocycles. The maximum Gasteiger partial charge on any atom is 0.0307 e. The lowest BCUT2D eigenvalue weighted by Gasteiger charge is -2.11. The van der Waals surface area contributed by atoms with Gasteiger partial charge in [-0.3, -0.25) is 0 Å². The van der Waals surface area contributed by atoms with Crippen LogP contribution in [-0.2, 0) is 0 Å². The van der Waals surface area contributed by atoms with Crippen molar-refractivity contribution in [3.8, 4) is 0 Å². The Morgan fingerprint density at radius 1 is 1.53 bits per heavy atom. The molecule has 1 unspecified atom stereocenters. The molecular formula is C12H14ClNS. The van der Waals surface area contributed by atoms with E-state index in [1.165, 1.54) is 16.2 Å². The summed E-state index contributed by atoms with van der Waals surface area (Å²) in [6.07, 6.45) is 0. The first-order valence-corrected chi connectivity index (χ1v) is 6.39. The molecule has 15 heavy (non-hydrogen) atoms. The Balaban J connectivity index is 1.93. The number of hydrogen-bond acceptors (Lipinski definition) is 2. The third-order valence-corrected chi connectivity index (χ3v) is 3.89. The van der Waals surface area contributed by atoms with E-state index >= 15 is 0 Å². The lowest BCUT2D eigenvalue weighted by molar-refractivity contribution is 0.656. The summed E-state index contributed by atoms with van der Waals surface area (Å²) in [7, 11) is 0. The summed E-state index contributed by atoms with van der Waals surface area (Å²) >= 11 is 7.64. The van der Waals surface area contributed by atoms with Gasteiger partial charge in [0.15, 0.2) is 0 Å². The van der Waals surface area contributed by atoms with Gasteiger partial charge in [-0.25, -0.2) is 0 Å². The minimum atomic E-state index is 0.613. The van der Waals surface area contributed by atoms with Gasteiger partial charge >= 0.3 is 0 Å². The van der Waals surface area contributed by atoms with E-state index in [9.17, 15) is 0 Å². The van der Waals surface area contributed by atoms with Crippen LogP contribution in [-0.4, -0.2) is 18.8 Å². The zero-order valence-electron chi connectivity index (χ0n) is 8.50. The van der Waals surface area contributed by atoms with Crippen molar-refractivity contribution in [3.63, 3.8) is 0 Å². The molecule has 1 heterocycles. The van der Waals surface area contributed by atoms with Crippen molar-refractivity contribution in [1.29, 1.82) is 0 Å². The number of fused-ring (bicyclic) bond motifs is 1. The van der Waals surface area contributed by atoms with E-state index in [0.717, 1.165) is 6.54 Å². The molecule has 1 aliphatic rings. The summed E-state index contributed by atoms with van der Waals surface area (Å²) < 4.78 is 0. The van der Waals surface area contributed by atoms with E-state index in [4.69, 9.17) is 11.6 Å².